The zero-order chi connectivity index (χ0) is 7.33. The smallest absolute Gasteiger partial charge is 0.225 e. The summed E-state index contributed by atoms with van der Waals surface area (Å²) in [6.07, 6.45) is 0.500. The lowest BCUT2D eigenvalue weighted by Crippen LogP contribution is -2.45. The van der Waals surface area contributed by atoms with Crippen LogP contribution in [0.3, 0.4) is 0 Å². The van der Waals surface area contributed by atoms with Gasteiger partial charge in [-0.05, 0) is 6.54 Å². The van der Waals surface area contributed by atoms with E-state index in [1.54, 1.807) is 0 Å². The highest BCUT2D eigenvalue weighted by Crippen LogP contribution is 2.05. The molecule has 0 amide bonds. The normalized spacial score (nSPS) is 12.0. The van der Waals surface area contributed by atoms with Crippen molar-refractivity contribution >= 4 is 0 Å². The molecule has 4 heteroatoms. The average molecular weight is 134 g/mol. The van der Waals surface area contributed by atoms with E-state index < -0.39 is 5.91 Å². The minimum Gasteiger partial charge on any atom is -0.341 e. The number of methoxy groups -OCH3 is 2. The summed E-state index contributed by atoms with van der Waals surface area (Å²) in [5, 5.41) is 0. The van der Waals surface area contributed by atoms with Crippen molar-refractivity contribution in [3.05, 3.63) is 0 Å². The Labute approximate surface area is 55.1 Å². The molecule has 0 heterocycles. The van der Waals surface area contributed by atoms with Crippen LogP contribution >= 0.6 is 0 Å². The lowest BCUT2D eigenvalue weighted by molar-refractivity contribution is -0.204. The molecule has 0 spiro atoms. The van der Waals surface area contributed by atoms with Crippen molar-refractivity contribution in [2.75, 3.05) is 20.8 Å². The molecule has 0 aromatic rings. The molecule has 0 saturated heterocycles. The molecule has 0 rings (SSSR count). The van der Waals surface area contributed by atoms with E-state index in [-0.39, 0.29) is 0 Å². The summed E-state index contributed by atoms with van der Waals surface area (Å²) in [6, 6.07) is 0. The van der Waals surface area contributed by atoms with Crippen molar-refractivity contribution in [2.24, 2.45) is 11.5 Å². The first-order valence-corrected chi connectivity index (χ1v) is 2.78. The van der Waals surface area contributed by atoms with Crippen molar-refractivity contribution in [1.82, 2.24) is 0 Å². The molecular weight excluding hydrogens is 120 g/mol. The molecule has 4 nitrogen and oxygen atoms in total. The monoisotopic (exact) mass is 134 g/mol. The quantitative estimate of drug-likeness (QED) is 0.496. The number of hydrogen-bond donors (Lipinski definition) is 2. The van der Waals surface area contributed by atoms with E-state index >= 15 is 0 Å². The molecule has 0 atom stereocenters. The van der Waals surface area contributed by atoms with E-state index in [4.69, 9.17) is 20.9 Å². The third kappa shape index (κ3) is 2.76. The summed E-state index contributed by atoms with van der Waals surface area (Å²) >= 11 is 0. The van der Waals surface area contributed by atoms with Gasteiger partial charge >= 0.3 is 0 Å². The Balaban J connectivity index is 3.62. The fraction of sp³-hybridized carbons (Fsp3) is 1.00. The Morgan fingerprint density at radius 2 is 1.78 bits per heavy atom. The molecule has 0 radical (unpaired) electrons. The molecule has 0 bridgehead atoms. The van der Waals surface area contributed by atoms with E-state index in [2.05, 4.69) is 0 Å². The van der Waals surface area contributed by atoms with E-state index in [9.17, 15) is 0 Å². The minimum absolute atomic E-state index is 0.457. The molecule has 0 aromatic carbocycles. The first-order chi connectivity index (χ1) is 4.18. The van der Waals surface area contributed by atoms with Crippen LogP contribution in [0, 0.1) is 0 Å². The van der Waals surface area contributed by atoms with Gasteiger partial charge in [-0.1, -0.05) is 0 Å². The molecule has 0 saturated carbocycles. The number of hydrogen-bond acceptors (Lipinski definition) is 4. The maximum atomic E-state index is 5.48. The van der Waals surface area contributed by atoms with E-state index in [0.717, 1.165) is 0 Å². The van der Waals surface area contributed by atoms with Gasteiger partial charge in [0.05, 0.1) is 0 Å². The van der Waals surface area contributed by atoms with Crippen LogP contribution in [-0.4, -0.2) is 26.7 Å². The molecule has 0 aromatic heterocycles. The van der Waals surface area contributed by atoms with E-state index in [0.29, 0.717) is 13.0 Å². The van der Waals surface area contributed by atoms with E-state index in [1.165, 1.54) is 14.2 Å². The summed E-state index contributed by atoms with van der Waals surface area (Å²) in [6.45, 7) is 0.457. The van der Waals surface area contributed by atoms with Crippen LogP contribution in [0.25, 0.3) is 0 Å². The molecule has 56 valence electrons. The highest BCUT2D eigenvalue weighted by atomic mass is 16.7. The zero-order valence-corrected chi connectivity index (χ0v) is 5.89. The Morgan fingerprint density at radius 3 is 1.89 bits per heavy atom. The third-order valence-corrected chi connectivity index (χ3v) is 1.18. The van der Waals surface area contributed by atoms with Crippen molar-refractivity contribution < 1.29 is 9.47 Å². The van der Waals surface area contributed by atoms with E-state index in [1.807, 2.05) is 0 Å². The van der Waals surface area contributed by atoms with Gasteiger partial charge < -0.3 is 15.2 Å². The second-order valence-corrected chi connectivity index (χ2v) is 1.76. The van der Waals surface area contributed by atoms with Gasteiger partial charge in [0.15, 0.2) is 0 Å². The maximum absolute atomic E-state index is 5.48. The van der Waals surface area contributed by atoms with Crippen LogP contribution in [0.4, 0.5) is 0 Å². The summed E-state index contributed by atoms with van der Waals surface area (Å²) in [4.78, 5) is 0. The van der Waals surface area contributed by atoms with Gasteiger partial charge in [0.2, 0.25) is 5.91 Å². The van der Waals surface area contributed by atoms with Gasteiger partial charge in [0.25, 0.3) is 0 Å². The lowest BCUT2D eigenvalue weighted by Gasteiger charge is -2.24. The highest BCUT2D eigenvalue weighted by molar-refractivity contribution is 4.58. The number of ether oxygens (including phenoxy) is 2. The van der Waals surface area contributed by atoms with Crippen LogP contribution in [0.5, 0.6) is 0 Å². The average Bonchev–Trinajstić information content (AvgIpc) is 1.89. The fourth-order valence-corrected chi connectivity index (χ4v) is 0.489. The molecule has 0 aliphatic heterocycles. The minimum atomic E-state index is -0.991. The summed E-state index contributed by atoms with van der Waals surface area (Å²) < 4.78 is 9.61. The van der Waals surface area contributed by atoms with Crippen LogP contribution in [0.2, 0.25) is 0 Å². The SMILES string of the molecule is COC(N)(CCN)OC. The topological polar surface area (TPSA) is 70.5 Å². The first-order valence-electron chi connectivity index (χ1n) is 2.78. The van der Waals surface area contributed by atoms with Crippen molar-refractivity contribution in [2.45, 2.75) is 12.3 Å². The Bertz CT molecular complexity index is 73.4. The fourth-order valence-electron chi connectivity index (χ4n) is 0.489. The predicted octanol–water partition coefficient (Wildman–Crippen LogP) is -0.759. The maximum Gasteiger partial charge on any atom is 0.225 e. The van der Waals surface area contributed by atoms with Gasteiger partial charge in [0, 0.05) is 20.6 Å². The zero-order valence-electron chi connectivity index (χ0n) is 5.89. The molecule has 0 aliphatic rings. The lowest BCUT2D eigenvalue weighted by atomic mass is 10.3. The molecule has 9 heavy (non-hydrogen) atoms. The van der Waals surface area contributed by atoms with Crippen LogP contribution < -0.4 is 11.5 Å². The second-order valence-electron chi connectivity index (χ2n) is 1.76. The van der Waals surface area contributed by atoms with Gasteiger partial charge in [-0.3, -0.25) is 5.73 Å². The Hall–Kier alpha value is -0.160. The summed E-state index contributed by atoms with van der Waals surface area (Å²) in [5.41, 5.74) is 10.7. The largest absolute Gasteiger partial charge is 0.341 e. The van der Waals surface area contributed by atoms with Gasteiger partial charge in [-0.15, -0.1) is 0 Å². The van der Waals surface area contributed by atoms with Crippen LogP contribution in [0.15, 0.2) is 0 Å². The first kappa shape index (κ1) is 8.84. The van der Waals surface area contributed by atoms with Crippen LogP contribution in [0.1, 0.15) is 6.42 Å². The predicted molar refractivity (Wildman–Crippen MR) is 34.6 cm³/mol. The Kier molecular flexibility index (Phi) is 3.72. The Morgan fingerprint density at radius 1 is 1.33 bits per heavy atom. The van der Waals surface area contributed by atoms with Crippen LogP contribution in [-0.2, 0) is 9.47 Å². The highest BCUT2D eigenvalue weighted by Gasteiger charge is 2.21. The van der Waals surface area contributed by atoms with Gasteiger partial charge in [-0.25, -0.2) is 0 Å². The van der Waals surface area contributed by atoms with Crippen molar-refractivity contribution in [3.63, 3.8) is 0 Å². The summed E-state index contributed by atoms with van der Waals surface area (Å²) in [7, 11) is 2.97. The third-order valence-electron chi connectivity index (χ3n) is 1.18. The molecule has 0 fully saturated rings. The molecule has 4 N–H and O–H groups in total. The van der Waals surface area contributed by atoms with Gasteiger partial charge in [-0.2, -0.15) is 0 Å². The van der Waals surface area contributed by atoms with Crippen molar-refractivity contribution in [3.8, 4) is 0 Å². The summed E-state index contributed by atoms with van der Waals surface area (Å²) in [5.74, 6) is -0.991. The molecule has 0 aliphatic carbocycles. The molecule has 0 unspecified atom stereocenters. The standard InChI is InChI=1S/C5H14N2O2/c1-8-5(7,9-2)3-4-6/h3-4,6-7H2,1-2H3. The second kappa shape index (κ2) is 3.79. The number of nitrogens with two attached hydrogens (primary N) is 2. The number of rotatable bonds is 4. The van der Waals surface area contributed by atoms with Gasteiger partial charge in [0.1, 0.15) is 0 Å². The van der Waals surface area contributed by atoms with Crippen molar-refractivity contribution in [1.29, 1.82) is 0 Å². The molecular formula is C5H14N2O2.